The molecule has 0 spiro atoms. The highest BCUT2D eigenvalue weighted by molar-refractivity contribution is 7.89. The number of halogens is 1. The Labute approximate surface area is 135 Å². The van der Waals surface area contributed by atoms with Gasteiger partial charge in [-0.15, -0.1) is 0 Å². The fourth-order valence-corrected chi connectivity index (χ4v) is 4.87. The molecule has 0 bridgehead atoms. The van der Waals surface area contributed by atoms with E-state index in [9.17, 15) is 12.8 Å². The van der Waals surface area contributed by atoms with Gasteiger partial charge in [-0.3, -0.25) is 0 Å². The number of likely N-dealkylation sites (tertiary alicyclic amines) is 1. The molecule has 2 atom stereocenters. The average Bonchev–Trinajstić information content (AvgIpc) is 2.54. The molecule has 0 radical (unpaired) electrons. The topological polar surface area (TPSA) is 59.1 Å². The normalized spacial score (nSPS) is 26.7. The van der Waals surface area contributed by atoms with Gasteiger partial charge in [0.1, 0.15) is 0 Å². The Balaban J connectivity index is 1.94. The van der Waals surface area contributed by atoms with Gasteiger partial charge in [0.15, 0.2) is 11.6 Å². The van der Waals surface area contributed by atoms with Crippen molar-refractivity contribution < 1.29 is 22.3 Å². The summed E-state index contributed by atoms with van der Waals surface area (Å²) in [5, 5.41) is 0. The number of likely N-dealkylation sites (N-methyl/N-ethyl adjacent to an activating group) is 1. The number of rotatable bonds is 3. The maximum absolute atomic E-state index is 13.6. The Kier molecular flexibility index (Phi) is 4.59. The highest BCUT2D eigenvalue weighted by Crippen LogP contribution is 2.30. The molecule has 2 aliphatic heterocycles. The highest BCUT2D eigenvalue weighted by Gasteiger charge is 2.42. The number of morpholine rings is 1. The van der Waals surface area contributed by atoms with Crippen LogP contribution in [0.5, 0.6) is 5.75 Å². The zero-order valence-electron chi connectivity index (χ0n) is 13.2. The largest absolute Gasteiger partial charge is 0.494 e. The first-order valence-corrected chi connectivity index (χ1v) is 9.03. The minimum absolute atomic E-state index is 0.0460. The van der Waals surface area contributed by atoms with Crippen molar-refractivity contribution in [3.63, 3.8) is 0 Å². The zero-order valence-corrected chi connectivity index (χ0v) is 14.1. The minimum atomic E-state index is -3.73. The summed E-state index contributed by atoms with van der Waals surface area (Å²) in [4.78, 5) is 2.15. The van der Waals surface area contributed by atoms with Crippen molar-refractivity contribution in [3.8, 4) is 5.75 Å². The van der Waals surface area contributed by atoms with Crippen LogP contribution in [0.2, 0.25) is 0 Å². The van der Waals surface area contributed by atoms with Crippen molar-refractivity contribution in [1.82, 2.24) is 9.21 Å². The summed E-state index contributed by atoms with van der Waals surface area (Å²) < 4.78 is 51.7. The Morgan fingerprint density at radius 2 is 2.13 bits per heavy atom. The molecule has 1 aromatic rings. The van der Waals surface area contributed by atoms with Crippen LogP contribution in [0.3, 0.4) is 0 Å². The number of benzene rings is 1. The fourth-order valence-electron chi connectivity index (χ4n) is 3.23. The summed E-state index contributed by atoms with van der Waals surface area (Å²) in [7, 11) is -0.441. The quantitative estimate of drug-likeness (QED) is 0.816. The molecular formula is C15H21FN2O4S. The van der Waals surface area contributed by atoms with Crippen molar-refractivity contribution in [2.45, 2.75) is 23.5 Å². The first-order valence-electron chi connectivity index (χ1n) is 7.59. The molecular weight excluding hydrogens is 323 g/mol. The number of nitrogens with zero attached hydrogens (tertiary/aromatic N) is 2. The summed E-state index contributed by atoms with van der Waals surface area (Å²) in [6.45, 7) is 2.20. The molecule has 2 fully saturated rings. The van der Waals surface area contributed by atoms with Crippen LogP contribution in [-0.2, 0) is 14.8 Å². The average molecular weight is 344 g/mol. The van der Waals surface area contributed by atoms with E-state index < -0.39 is 15.8 Å². The lowest BCUT2D eigenvalue weighted by Crippen LogP contribution is -2.60. The van der Waals surface area contributed by atoms with E-state index in [-0.39, 0.29) is 22.8 Å². The van der Waals surface area contributed by atoms with Crippen LogP contribution >= 0.6 is 0 Å². The van der Waals surface area contributed by atoms with Gasteiger partial charge in [-0.25, -0.2) is 12.8 Å². The van der Waals surface area contributed by atoms with Crippen LogP contribution in [0.25, 0.3) is 0 Å². The number of hydrogen-bond acceptors (Lipinski definition) is 5. The van der Waals surface area contributed by atoms with Crippen LogP contribution in [0.4, 0.5) is 4.39 Å². The molecule has 128 valence electrons. The molecule has 0 saturated carbocycles. The maximum atomic E-state index is 13.6. The minimum Gasteiger partial charge on any atom is -0.494 e. The second kappa shape index (κ2) is 6.35. The third kappa shape index (κ3) is 3.08. The third-order valence-electron chi connectivity index (χ3n) is 4.47. The van der Waals surface area contributed by atoms with Crippen molar-refractivity contribution in [1.29, 1.82) is 0 Å². The molecule has 0 unspecified atom stereocenters. The van der Waals surface area contributed by atoms with E-state index in [1.165, 1.54) is 23.5 Å². The molecule has 3 rings (SSSR count). The van der Waals surface area contributed by atoms with Gasteiger partial charge in [-0.1, -0.05) is 0 Å². The molecule has 1 aromatic carbocycles. The Morgan fingerprint density at radius 1 is 1.35 bits per heavy atom. The number of methoxy groups -OCH3 is 1. The van der Waals surface area contributed by atoms with Crippen LogP contribution in [-0.4, -0.2) is 70.2 Å². The Hall–Kier alpha value is -1.22. The summed E-state index contributed by atoms with van der Waals surface area (Å²) in [6, 6.07) is 3.42. The van der Waals surface area contributed by atoms with Crippen LogP contribution in [0.1, 0.15) is 6.42 Å². The predicted molar refractivity (Wildman–Crippen MR) is 82.5 cm³/mol. The van der Waals surface area contributed by atoms with Crippen LogP contribution in [0, 0.1) is 5.82 Å². The van der Waals surface area contributed by atoms with Gasteiger partial charge in [0, 0.05) is 25.7 Å². The van der Waals surface area contributed by atoms with E-state index in [1.54, 1.807) is 0 Å². The van der Waals surface area contributed by atoms with E-state index in [0.29, 0.717) is 19.7 Å². The van der Waals surface area contributed by atoms with Gasteiger partial charge in [0.05, 0.1) is 30.8 Å². The lowest BCUT2D eigenvalue weighted by Gasteiger charge is -2.45. The SMILES string of the molecule is COc1cc(S(=O)(=O)N2CCO[C@@H]3CCN(C)C[C@@H]32)ccc1F. The number of fused-ring (bicyclic) bond motifs is 1. The molecule has 8 heteroatoms. The first kappa shape index (κ1) is 16.6. The highest BCUT2D eigenvalue weighted by atomic mass is 32.2. The van der Waals surface area contributed by atoms with Crippen LogP contribution < -0.4 is 4.74 Å². The molecule has 2 aliphatic rings. The molecule has 2 saturated heterocycles. The van der Waals surface area contributed by atoms with Gasteiger partial charge in [-0.05, 0) is 25.6 Å². The van der Waals surface area contributed by atoms with E-state index in [1.807, 2.05) is 7.05 Å². The fraction of sp³-hybridized carbons (Fsp3) is 0.600. The van der Waals surface area contributed by atoms with Crippen molar-refractivity contribution >= 4 is 10.0 Å². The van der Waals surface area contributed by atoms with Gasteiger partial charge < -0.3 is 14.4 Å². The van der Waals surface area contributed by atoms with E-state index in [4.69, 9.17) is 9.47 Å². The van der Waals surface area contributed by atoms with Gasteiger partial charge >= 0.3 is 0 Å². The number of hydrogen-bond donors (Lipinski definition) is 0. The number of piperidine rings is 1. The molecule has 23 heavy (non-hydrogen) atoms. The molecule has 0 aromatic heterocycles. The monoisotopic (exact) mass is 344 g/mol. The Morgan fingerprint density at radius 3 is 2.87 bits per heavy atom. The van der Waals surface area contributed by atoms with Gasteiger partial charge in [0.25, 0.3) is 0 Å². The van der Waals surface area contributed by atoms with E-state index in [0.717, 1.165) is 19.0 Å². The standard InChI is InChI=1S/C15H21FN2O4S/c1-17-6-5-14-13(10-17)18(7-8-22-14)23(19,20)11-3-4-12(16)15(9-11)21-2/h3-4,9,13-14H,5-8,10H2,1-2H3/t13-,14+/m0/s1. The summed E-state index contributed by atoms with van der Waals surface area (Å²) >= 11 is 0. The smallest absolute Gasteiger partial charge is 0.243 e. The molecule has 0 N–H and O–H groups in total. The third-order valence-corrected chi connectivity index (χ3v) is 6.39. The number of ether oxygens (including phenoxy) is 2. The summed E-state index contributed by atoms with van der Waals surface area (Å²) in [5.74, 6) is -0.652. The zero-order chi connectivity index (χ0) is 16.6. The maximum Gasteiger partial charge on any atom is 0.243 e. The number of sulfonamides is 1. The molecule has 0 amide bonds. The summed E-state index contributed by atoms with van der Waals surface area (Å²) in [6.07, 6.45) is 0.719. The first-order chi connectivity index (χ1) is 10.9. The lowest BCUT2D eigenvalue weighted by atomic mass is 10.0. The predicted octanol–water partition coefficient (Wildman–Crippen LogP) is 0.928. The van der Waals surface area contributed by atoms with E-state index in [2.05, 4.69) is 4.90 Å². The van der Waals surface area contributed by atoms with Gasteiger partial charge in [-0.2, -0.15) is 4.31 Å². The van der Waals surface area contributed by atoms with Crippen LogP contribution in [0.15, 0.2) is 23.1 Å². The van der Waals surface area contributed by atoms with E-state index >= 15 is 0 Å². The Bertz CT molecular complexity index is 682. The molecule has 6 nitrogen and oxygen atoms in total. The van der Waals surface area contributed by atoms with Crippen molar-refractivity contribution in [2.75, 3.05) is 40.4 Å². The van der Waals surface area contributed by atoms with Crippen molar-refractivity contribution in [3.05, 3.63) is 24.0 Å². The van der Waals surface area contributed by atoms with Gasteiger partial charge in [0.2, 0.25) is 10.0 Å². The second-order valence-corrected chi connectivity index (χ2v) is 7.83. The lowest BCUT2D eigenvalue weighted by molar-refractivity contribution is -0.0719. The second-order valence-electron chi connectivity index (χ2n) is 5.94. The van der Waals surface area contributed by atoms with Crippen molar-refractivity contribution in [2.24, 2.45) is 0 Å². The molecule has 2 heterocycles. The summed E-state index contributed by atoms with van der Waals surface area (Å²) in [5.41, 5.74) is 0. The molecule has 0 aliphatic carbocycles.